The zero-order valence-electron chi connectivity index (χ0n) is 12.7. The molecule has 5 heteroatoms. The van der Waals surface area contributed by atoms with Crippen LogP contribution in [0.3, 0.4) is 0 Å². The maximum atomic E-state index is 12.3. The maximum Gasteiger partial charge on any atom is 0.231 e. The van der Waals surface area contributed by atoms with Gasteiger partial charge in [0.25, 0.3) is 0 Å². The van der Waals surface area contributed by atoms with Gasteiger partial charge in [-0.15, -0.1) is 0 Å². The van der Waals surface area contributed by atoms with Gasteiger partial charge in [0, 0.05) is 17.4 Å². The molecule has 0 atom stereocenters. The SMILES string of the molecule is Cc1cc2cc[nH]c2cc1NC(=O)Cc1ccc2c(c1)OCO2. The van der Waals surface area contributed by atoms with Crippen molar-refractivity contribution in [2.24, 2.45) is 0 Å². The van der Waals surface area contributed by atoms with Crippen LogP contribution in [-0.4, -0.2) is 17.7 Å². The van der Waals surface area contributed by atoms with Crippen LogP contribution in [0.4, 0.5) is 5.69 Å². The van der Waals surface area contributed by atoms with Crippen LogP contribution in [-0.2, 0) is 11.2 Å². The molecule has 0 bridgehead atoms. The van der Waals surface area contributed by atoms with Gasteiger partial charge in [-0.25, -0.2) is 0 Å². The Balaban J connectivity index is 1.51. The summed E-state index contributed by atoms with van der Waals surface area (Å²) in [5.74, 6) is 1.36. The Morgan fingerprint density at radius 3 is 2.96 bits per heavy atom. The summed E-state index contributed by atoms with van der Waals surface area (Å²) in [5.41, 5.74) is 3.76. The Hall–Kier alpha value is -2.95. The maximum absolute atomic E-state index is 12.3. The number of fused-ring (bicyclic) bond motifs is 2. The third kappa shape index (κ3) is 2.61. The number of aromatic nitrogens is 1. The minimum absolute atomic E-state index is 0.0575. The molecule has 3 aromatic rings. The van der Waals surface area contributed by atoms with E-state index in [1.54, 1.807) is 0 Å². The van der Waals surface area contributed by atoms with Crippen molar-refractivity contribution in [3.8, 4) is 11.5 Å². The first kappa shape index (κ1) is 13.7. The Kier molecular flexibility index (Phi) is 3.19. The average Bonchev–Trinajstić information content (AvgIpc) is 3.15. The lowest BCUT2D eigenvalue weighted by atomic mass is 10.1. The van der Waals surface area contributed by atoms with Gasteiger partial charge >= 0.3 is 0 Å². The number of aromatic amines is 1. The topological polar surface area (TPSA) is 63.4 Å². The molecule has 0 aliphatic carbocycles. The highest BCUT2D eigenvalue weighted by Gasteiger charge is 2.15. The monoisotopic (exact) mass is 308 g/mol. The minimum Gasteiger partial charge on any atom is -0.454 e. The van der Waals surface area contributed by atoms with Crippen molar-refractivity contribution in [3.63, 3.8) is 0 Å². The zero-order valence-corrected chi connectivity index (χ0v) is 12.7. The van der Waals surface area contributed by atoms with E-state index in [1.807, 2.05) is 43.5 Å². The Morgan fingerprint density at radius 2 is 2.04 bits per heavy atom. The zero-order chi connectivity index (χ0) is 15.8. The van der Waals surface area contributed by atoms with Gasteiger partial charge in [0.05, 0.1) is 6.42 Å². The second-order valence-corrected chi connectivity index (χ2v) is 5.64. The number of benzene rings is 2. The van der Waals surface area contributed by atoms with Gasteiger partial charge in [0.15, 0.2) is 11.5 Å². The fourth-order valence-corrected chi connectivity index (χ4v) is 2.78. The van der Waals surface area contributed by atoms with Gasteiger partial charge in [0.2, 0.25) is 12.7 Å². The molecule has 2 aromatic carbocycles. The van der Waals surface area contributed by atoms with E-state index >= 15 is 0 Å². The third-order valence-corrected chi connectivity index (χ3v) is 3.97. The van der Waals surface area contributed by atoms with Crippen molar-refractivity contribution >= 4 is 22.5 Å². The van der Waals surface area contributed by atoms with E-state index in [4.69, 9.17) is 9.47 Å². The Bertz CT molecular complexity index is 898. The highest BCUT2D eigenvalue weighted by Crippen LogP contribution is 2.32. The second kappa shape index (κ2) is 5.35. The summed E-state index contributed by atoms with van der Waals surface area (Å²) in [6.45, 7) is 2.23. The fourth-order valence-electron chi connectivity index (χ4n) is 2.78. The number of hydrogen-bond donors (Lipinski definition) is 2. The van der Waals surface area contributed by atoms with Crippen LogP contribution < -0.4 is 14.8 Å². The van der Waals surface area contributed by atoms with Crippen LogP contribution in [0.5, 0.6) is 11.5 Å². The Morgan fingerprint density at radius 1 is 1.17 bits per heavy atom. The molecule has 4 rings (SSSR count). The van der Waals surface area contributed by atoms with Crippen molar-refractivity contribution in [3.05, 3.63) is 53.7 Å². The molecule has 0 radical (unpaired) electrons. The van der Waals surface area contributed by atoms with Crippen LogP contribution in [0, 0.1) is 6.92 Å². The number of amides is 1. The second-order valence-electron chi connectivity index (χ2n) is 5.64. The predicted molar refractivity (Wildman–Crippen MR) is 87.9 cm³/mol. The van der Waals surface area contributed by atoms with E-state index in [0.717, 1.165) is 33.5 Å². The van der Waals surface area contributed by atoms with E-state index in [2.05, 4.69) is 16.4 Å². The Labute approximate surface area is 133 Å². The molecule has 1 amide bonds. The van der Waals surface area contributed by atoms with Crippen LogP contribution >= 0.6 is 0 Å². The molecule has 0 saturated heterocycles. The van der Waals surface area contributed by atoms with E-state index < -0.39 is 0 Å². The molecule has 0 unspecified atom stereocenters. The van der Waals surface area contributed by atoms with Crippen molar-refractivity contribution < 1.29 is 14.3 Å². The van der Waals surface area contributed by atoms with Crippen LogP contribution in [0.1, 0.15) is 11.1 Å². The van der Waals surface area contributed by atoms with E-state index in [-0.39, 0.29) is 12.7 Å². The summed E-state index contributed by atoms with van der Waals surface area (Å²) < 4.78 is 10.6. The summed E-state index contributed by atoms with van der Waals surface area (Å²) in [6.07, 6.45) is 2.18. The summed E-state index contributed by atoms with van der Waals surface area (Å²) in [7, 11) is 0. The average molecular weight is 308 g/mol. The number of anilines is 1. The number of hydrogen-bond acceptors (Lipinski definition) is 3. The number of nitrogens with one attached hydrogen (secondary N) is 2. The first-order valence-corrected chi connectivity index (χ1v) is 7.45. The molecule has 0 saturated carbocycles. The van der Waals surface area contributed by atoms with Gasteiger partial charge in [0.1, 0.15) is 0 Å². The van der Waals surface area contributed by atoms with Crippen molar-refractivity contribution in [2.45, 2.75) is 13.3 Å². The molecule has 23 heavy (non-hydrogen) atoms. The van der Waals surface area contributed by atoms with Gasteiger partial charge in [-0.3, -0.25) is 4.79 Å². The number of aryl methyl sites for hydroxylation is 1. The quantitative estimate of drug-likeness (QED) is 0.779. The summed E-state index contributed by atoms with van der Waals surface area (Å²) in [5, 5.41) is 4.11. The van der Waals surface area contributed by atoms with Crippen molar-refractivity contribution in [1.82, 2.24) is 4.98 Å². The van der Waals surface area contributed by atoms with E-state index in [0.29, 0.717) is 12.2 Å². The number of H-pyrrole nitrogens is 1. The normalized spacial score (nSPS) is 12.6. The lowest BCUT2D eigenvalue weighted by Crippen LogP contribution is -2.15. The van der Waals surface area contributed by atoms with E-state index in [1.165, 1.54) is 0 Å². The lowest BCUT2D eigenvalue weighted by molar-refractivity contribution is -0.115. The number of carbonyl (C=O) groups excluding carboxylic acids is 1. The smallest absolute Gasteiger partial charge is 0.231 e. The lowest BCUT2D eigenvalue weighted by Gasteiger charge is -2.09. The molecule has 1 aromatic heterocycles. The van der Waals surface area contributed by atoms with E-state index in [9.17, 15) is 4.79 Å². The molecular weight excluding hydrogens is 292 g/mol. The largest absolute Gasteiger partial charge is 0.454 e. The molecule has 0 fully saturated rings. The van der Waals surface area contributed by atoms with Crippen LogP contribution in [0.15, 0.2) is 42.6 Å². The number of rotatable bonds is 3. The molecular formula is C18H16N2O3. The molecule has 1 aliphatic heterocycles. The standard InChI is InChI=1S/C18H16N2O3/c1-11-6-13-4-5-19-15(13)9-14(11)20-18(21)8-12-2-3-16-17(7-12)23-10-22-16/h2-7,9,19H,8,10H2,1H3,(H,20,21). The third-order valence-electron chi connectivity index (χ3n) is 3.97. The van der Waals surface area contributed by atoms with Crippen LogP contribution in [0.25, 0.3) is 10.9 Å². The van der Waals surface area contributed by atoms with Crippen LogP contribution in [0.2, 0.25) is 0 Å². The molecule has 116 valence electrons. The number of carbonyl (C=O) groups is 1. The minimum atomic E-state index is -0.0575. The molecule has 2 heterocycles. The van der Waals surface area contributed by atoms with Crippen molar-refractivity contribution in [1.29, 1.82) is 0 Å². The highest BCUT2D eigenvalue weighted by molar-refractivity contribution is 5.96. The molecule has 5 nitrogen and oxygen atoms in total. The molecule has 1 aliphatic rings. The first-order valence-electron chi connectivity index (χ1n) is 7.45. The highest BCUT2D eigenvalue weighted by atomic mass is 16.7. The molecule has 2 N–H and O–H groups in total. The van der Waals surface area contributed by atoms with Gasteiger partial charge in [-0.05, 0) is 53.8 Å². The fraction of sp³-hybridized carbons (Fsp3) is 0.167. The van der Waals surface area contributed by atoms with Gasteiger partial charge in [-0.2, -0.15) is 0 Å². The van der Waals surface area contributed by atoms with Crippen molar-refractivity contribution in [2.75, 3.05) is 12.1 Å². The summed E-state index contributed by atoms with van der Waals surface area (Å²) >= 11 is 0. The molecule has 0 spiro atoms. The first-order chi connectivity index (χ1) is 11.2. The van der Waals surface area contributed by atoms with Gasteiger partial charge in [-0.1, -0.05) is 6.07 Å². The number of ether oxygens (including phenoxy) is 2. The summed E-state index contributed by atoms with van der Waals surface area (Å²) in [6, 6.07) is 11.6. The van der Waals surface area contributed by atoms with Gasteiger partial charge < -0.3 is 19.8 Å². The summed E-state index contributed by atoms with van der Waals surface area (Å²) in [4.78, 5) is 15.5. The predicted octanol–water partition coefficient (Wildman–Crippen LogP) is 3.39.